The molecule has 0 radical (unpaired) electrons. The third-order valence-electron chi connectivity index (χ3n) is 4.19. The minimum atomic E-state index is -0.875. The van der Waals surface area contributed by atoms with Gasteiger partial charge in [0.15, 0.2) is 5.13 Å². The Labute approximate surface area is 132 Å². The Morgan fingerprint density at radius 2 is 2.00 bits per heavy atom. The minimum Gasteiger partial charge on any atom is -0.481 e. The van der Waals surface area contributed by atoms with Crippen LogP contribution in [0.1, 0.15) is 31.2 Å². The predicted octanol–water partition coefficient (Wildman–Crippen LogP) is 3.43. The number of carbonyl (C=O) groups excluding carboxylic acids is 1. The van der Waals surface area contributed by atoms with E-state index in [-0.39, 0.29) is 5.91 Å². The zero-order chi connectivity index (χ0) is 15.7. The van der Waals surface area contributed by atoms with Crippen molar-refractivity contribution in [2.45, 2.75) is 32.6 Å². The first-order valence-electron chi connectivity index (χ1n) is 7.45. The number of rotatable bonds is 3. The molecule has 1 aliphatic rings. The van der Waals surface area contributed by atoms with Crippen LogP contribution in [0.25, 0.3) is 10.2 Å². The normalized spacial score (nSPS) is 21.7. The number of nitrogens with zero attached hydrogens (tertiary/aromatic N) is 1. The molecule has 1 aromatic carbocycles. The third kappa shape index (κ3) is 2.97. The van der Waals surface area contributed by atoms with Crippen molar-refractivity contribution in [3.63, 3.8) is 0 Å². The molecule has 2 N–H and O–H groups in total. The highest BCUT2D eigenvalue weighted by atomic mass is 32.1. The molecule has 1 amide bonds. The molecule has 0 aliphatic heterocycles. The number of carbonyl (C=O) groups is 2. The van der Waals surface area contributed by atoms with E-state index in [1.54, 1.807) is 0 Å². The van der Waals surface area contributed by atoms with Gasteiger partial charge in [-0.25, -0.2) is 4.98 Å². The van der Waals surface area contributed by atoms with Gasteiger partial charge < -0.3 is 10.4 Å². The van der Waals surface area contributed by atoms with Crippen LogP contribution in [-0.2, 0) is 9.59 Å². The van der Waals surface area contributed by atoms with Crippen LogP contribution in [0.15, 0.2) is 18.2 Å². The molecule has 2 atom stereocenters. The molecule has 116 valence electrons. The molecule has 2 aromatic rings. The summed E-state index contributed by atoms with van der Waals surface area (Å²) in [7, 11) is 0. The summed E-state index contributed by atoms with van der Waals surface area (Å²) in [6, 6.07) is 5.94. The van der Waals surface area contributed by atoms with Crippen molar-refractivity contribution in [1.82, 2.24) is 4.98 Å². The third-order valence-corrected chi connectivity index (χ3v) is 5.13. The number of carboxylic acids is 1. The van der Waals surface area contributed by atoms with Crippen molar-refractivity contribution in [2.75, 3.05) is 5.32 Å². The average Bonchev–Trinajstić information content (AvgIpc) is 2.88. The summed E-state index contributed by atoms with van der Waals surface area (Å²) in [5.74, 6) is -2.13. The van der Waals surface area contributed by atoms with E-state index in [1.807, 2.05) is 25.1 Å². The molecule has 0 saturated heterocycles. The van der Waals surface area contributed by atoms with E-state index in [0.29, 0.717) is 18.0 Å². The number of anilines is 1. The van der Waals surface area contributed by atoms with Gasteiger partial charge in [-0.2, -0.15) is 0 Å². The van der Waals surface area contributed by atoms with Gasteiger partial charge in [-0.3, -0.25) is 9.59 Å². The number of hydrogen-bond acceptors (Lipinski definition) is 4. The van der Waals surface area contributed by atoms with Crippen LogP contribution in [-0.4, -0.2) is 22.0 Å². The van der Waals surface area contributed by atoms with Crippen LogP contribution in [0, 0.1) is 18.8 Å². The number of amides is 1. The molecule has 6 heteroatoms. The summed E-state index contributed by atoms with van der Waals surface area (Å²) in [5.41, 5.74) is 2.00. The maximum absolute atomic E-state index is 12.4. The Kier molecular flexibility index (Phi) is 4.11. The molecule has 3 rings (SSSR count). The van der Waals surface area contributed by atoms with Crippen molar-refractivity contribution < 1.29 is 14.7 Å². The fraction of sp³-hybridized carbons (Fsp3) is 0.438. The van der Waals surface area contributed by atoms with Gasteiger partial charge in [0.25, 0.3) is 0 Å². The van der Waals surface area contributed by atoms with Crippen molar-refractivity contribution in [3.8, 4) is 0 Å². The molecular weight excluding hydrogens is 300 g/mol. The van der Waals surface area contributed by atoms with Gasteiger partial charge in [0.1, 0.15) is 0 Å². The number of thiazole rings is 1. The lowest BCUT2D eigenvalue weighted by atomic mass is 9.79. The van der Waals surface area contributed by atoms with E-state index in [9.17, 15) is 14.7 Å². The zero-order valence-corrected chi connectivity index (χ0v) is 13.2. The number of nitrogens with one attached hydrogen (secondary N) is 1. The highest BCUT2D eigenvalue weighted by molar-refractivity contribution is 7.22. The monoisotopic (exact) mass is 318 g/mol. The van der Waals surface area contributed by atoms with E-state index < -0.39 is 17.8 Å². The molecule has 1 aromatic heterocycles. The Morgan fingerprint density at radius 3 is 2.73 bits per heavy atom. The van der Waals surface area contributed by atoms with E-state index >= 15 is 0 Å². The van der Waals surface area contributed by atoms with Gasteiger partial charge >= 0.3 is 5.97 Å². The number of aryl methyl sites for hydroxylation is 1. The largest absolute Gasteiger partial charge is 0.481 e. The van der Waals surface area contributed by atoms with Crippen LogP contribution in [0.2, 0.25) is 0 Å². The van der Waals surface area contributed by atoms with Gasteiger partial charge in [-0.1, -0.05) is 30.2 Å². The Hall–Kier alpha value is -1.95. The van der Waals surface area contributed by atoms with E-state index in [2.05, 4.69) is 10.3 Å². The van der Waals surface area contributed by atoms with Gasteiger partial charge in [0.2, 0.25) is 5.91 Å². The first kappa shape index (κ1) is 15.0. The fourth-order valence-electron chi connectivity index (χ4n) is 3.02. The molecule has 1 aliphatic carbocycles. The summed E-state index contributed by atoms with van der Waals surface area (Å²) in [6.07, 6.45) is 2.99. The molecular formula is C16H18N2O3S. The van der Waals surface area contributed by atoms with Crippen molar-refractivity contribution in [1.29, 1.82) is 0 Å². The summed E-state index contributed by atoms with van der Waals surface area (Å²) < 4.78 is 1.02. The Morgan fingerprint density at radius 1 is 1.27 bits per heavy atom. The van der Waals surface area contributed by atoms with E-state index in [4.69, 9.17) is 0 Å². The summed E-state index contributed by atoms with van der Waals surface area (Å²) in [6.45, 7) is 2.01. The van der Waals surface area contributed by atoms with Crippen LogP contribution in [0.3, 0.4) is 0 Å². The lowest BCUT2D eigenvalue weighted by Crippen LogP contribution is -2.36. The first-order valence-corrected chi connectivity index (χ1v) is 8.27. The molecule has 1 fully saturated rings. The second kappa shape index (κ2) is 6.04. The minimum absolute atomic E-state index is 0.220. The van der Waals surface area contributed by atoms with E-state index in [1.165, 1.54) is 11.3 Å². The summed E-state index contributed by atoms with van der Waals surface area (Å²) in [4.78, 5) is 28.1. The molecule has 2 unspecified atom stereocenters. The van der Waals surface area contributed by atoms with Gasteiger partial charge in [-0.15, -0.1) is 0 Å². The highest BCUT2D eigenvalue weighted by Crippen LogP contribution is 2.32. The maximum Gasteiger partial charge on any atom is 0.307 e. The van der Waals surface area contributed by atoms with Crippen LogP contribution in [0.5, 0.6) is 0 Å². The van der Waals surface area contributed by atoms with Gasteiger partial charge in [0, 0.05) is 0 Å². The van der Waals surface area contributed by atoms with Gasteiger partial charge in [-0.05, 0) is 37.5 Å². The Balaban J connectivity index is 1.78. The lowest BCUT2D eigenvalue weighted by Gasteiger charge is -2.26. The standard InChI is InChI=1S/C16H18N2O3S/c1-9-6-7-12-13(8-9)22-16(17-12)18-14(19)10-4-2-3-5-11(10)15(20)21/h6-8,10-11H,2-5H2,1H3,(H,20,21)(H,17,18,19). The summed E-state index contributed by atoms with van der Waals surface area (Å²) in [5, 5.41) is 12.6. The topological polar surface area (TPSA) is 79.3 Å². The average molecular weight is 318 g/mol. The number of hydrogen-bond donors (Lipinski definition) is 2. The van der Waals surface area contributed by atoms with Crippen LogP contribution in [0.4, 0.5) is 5.13 Å². The first-order chi connectivity index (χ1) is 10.5. The second-order valence-corrected chi connectivity index (χ2v) is 6.85. The molecule has 5 nitrogen and oxygen atoms in total. The van der Waals surface area contributed by atoms with Crippen molar-refractivity contribution in [3.05, 3.63) is 23.8 Å². The number of aromatic nitrogens is 1. The number of carboxylic acid groups (broad SMARTS) is 1. The maximum atomic E-state index is 12.4. The Bertz CT molecular complexity index is 725. The summed E-state index contributed by atoms with van der Waals surface area (Å²) >= 11 is 1.42. The zero-order valence-electron chi connectivity index (χ0n) is 12.3. The number of aliphatic carboxylic acids is 1. The lowest BCUT2D eigenvalue weighted by molar-refractivity contribution is -0.147. The highest BCUT2D eigenvalue weighted by Gasteiger charge is 2.35. The molecule has 0 bridgehead atoms. The smallest absolute Gasteiger partial charge is 0.307 e. The van der Waals surface area contributed by atoms with Crippen molar-refractivity contribution in [2.24, 2.45) is 11.8 Å². The fourth-order valence-corrected chi connectivity index (χ4v) is 3.99. The number of fused-ring (bicyclic) bond motifs is 1. The molecule has 1 saturated carbocycles. The quantitative estimate of drug-likeness (QED) is 0.908. The second-order valence-electron chi connectivity index (χ2n) is 5.82. The van der Waals surface area contributed by atoms with E-state index in [0.717, 1.165) is 28.6 Å². The van der Waals surface area contributed by atoms with Crippen molar-refractivity contribution >= 4 is 38.6 Å². The molecule has 22 heavy (non-hydrogen) atoms. The van der Waals surface area contributed by atoms with Crippen LogP contribution >= 0.6 is 11.3 Å². The predicted molar refractivity (Wildman–Crippen MR) is 86.1 cm³/mol. The van der Waals surface area contributed by atoms with Gasteiger partial charge in [0.05, 0.1) is 22.1 Å². The number of benzene rings is 1. The molecule has 0 spiro atoms. The van der Waals surface area contributed by atoms with Crippen LogP contribution < -0.4 is 5.32 Å². The molecule has 1 heterocycles. The SMILES string of the molecule is Cc1ccc2nc(NC(=O)C3CCCCC3C(=O)O)sc2c1.